The summed E-state index contributed by atoms with van der Waals surface area (Å²) in [5.41, 5.74) is 3.89. The molecule has 0 saturated heterocycles. The van der Waals surface area contributed by atoms with E-state index in [0.717, 1.165) is 34.0 Å². The number of rotatable bonds is 9. The van der Waals surface area contributed by atoms with Crippen LogP contribution in [0.5, 0.6) is 0 Å². The van der Waals surface area contributed by atoms with E-state index in [1.807, 2.05) is 53.9 Å². The molecule has 0 atom stereocenters. The summed E-state index contributed by atoms with van der Waals surface area (Å²) < 4.78 is 5.01. The van der Waals surface area contributed by atoms with Crippen molar-refractivity contribution in [2.45, 2.75) is 6.54 Å². The molecule has 0 fully saturated rings. The molecule has 7 heteroatoms. The van der Waals surface area contributed by atoms with Crippen molar-refractivity contribution in [3.63, 3.8) is 0 Å². The van der Waals surface area contributed by atoms with Gasteiger partial charge in [0.2, 0.25) is 6.41 Å². The van der Waals surface area contributed by atoms with E-state index >= 15 is 0 Å². The van der Waals surface area contributed by atoms with Crippen molar-refractivity contribution in [2.75, 3.05) is 25.6 Å². The fourth-order valence-electron chi connectivity index (χ4n) is 2.54. The van der Waals surface area contributed by atoms with Crippen LogP contribution in [-0.2, 0) is 16.1 Å². The molecular weight excluding hydrogens is 382 g/mol. The highest BCUT2D eigenvalue weighted by atomic mass is 35.5. The number of aromatic nitrogens is 1. The van der Waals surface area contributed by atoms with Gasteiger partial charge in [-0.1, -0.05) is 35.9 Å². The van der Waals surface area contributed by atoms with Crippen molar-refractivity contribution >= 4 is 40.2 Å². The first-order valence-corrected chi connectivity index (χ1v) is 9.69. The van der Waals surface area contributed by atoms with Crippen LogP contribution in [0.3, 0.4) is 0 Å². The highest BCUT2D eigenvalue weighted by molar-refractivity contribution is 7.14. The Morgan fingerprint density at radius 1 is 1.26 bits per heavy atom. The topological polar surface area (TPSA) is 54.5 Å². The number of methoxy groups -OCH3 is 1. The van der Waals surface area contributed by atoms with Crippen LogP contribution in [0.15, 0.2) is 53.9 Å². The van der Waals surface area contributed by atoms with E-state index in [4.69, 9.17) is 16.3 Å². The van der Waals surface area contributed by atoms with Gasteiger partial charge < -0.3 is 15.0 Å². The molecule has 27 heavy (non-hydrogen) atoms. The number of halogens is 1. The number of hydrogen-bond acceptors (Lipinski definition) is 5. The quantitative estimate of drug-likeness (QED) is 0.522. The first kappa shape index (κ1) is 19.4. The van der Waals surface area contributed by atoms with Crippen molar-refractivity contribution in [1.82, 2.24) is 9.88 Å². The van der Waals surface area contributed by atoms with E-state index in [1.54, 1.807) is 12.0 Å². The second-order valence-electron chi connectivity index (χ2n) is 5.94. The molecule has 0 aliphatic heterocycles. The minimum atomic E-state index is 0.525. The van der Waals surface area contributed by atoms with Crippen LogP contribution < -0.4 is 5.32 Å². The molecule has 1 N–H and O–H groups in total. The molecule has 0 bridgehead atoms. The molecule has 1 amide bonds. The maximum Gasteiger partial charge on any atom is 0.210 e. The number of amides is 1. The van der Waals surface area contributed by atoms with Crippen molar-refractivity contribution in [1.29, 1.82) is 0 Å². The van der Waals surface area contributed by atoms with E-state index < -0.39 is 0 Å². The van der Waals surface area contributed by atoms with Gasteiger partial charge in [-0.25, -0.2) is 4.98 Å². The predicted molar refractivity (Wildman–Crippen MR) is 111 cm³/mol. The predicted octanol–water partition coefficient (Wildman–Crippen LogP) is 4.81. The number of hydrogen-bond donors (Lipinski definition) is 1. The molecule has 3 aromatic rings. The van der Waals surface area contributed by atoms with E-state index in [0.29, 0.717) is 24.7 Å². The fraction of sp³-hybridized carbons (Fsp3) is 0.200. The summed E-state index contributed by atoms with van der Waals surface area (Å²) in [4.78, 5) is 17.4. The summed E-state index contributed by atoms with van der Waals surface area (Å²) in [6.45, 7) is 1.66. The van der Waals surface area contributed by atoms with Gasteiger partial charge >= 0.3 is 0 Å². The van der Waals surface area contributed by atoms with E-state index in [9.17, 15) is 4.79 Å². The van der Waals surface area contributed by atoms with Crippen molar-refractivity contribution in [2.24, 2.45) is 0 Å². The highest BCUT2D eigenvalue weighted by Gasteiger charge is 2.07. The number of carbonyl (C=O) groups excluding carboxylic acids is 1. The smallest absolute Gasteiger partial charge is 0.210 e. The number of thiazole rings is 1. The van der Waals surface area contributed by atoms with Crippen molar-refractivity contribution < 1.29 is 9.53 Å². The van der Waals surface area contributed by atoms with Crippen LogP contribution in [0, 0.1) is 0 Å². The molecule has 5 nitrogen and oxygen atoms in total. The van der Waals surface area contributed by atoms with Gasteiger partial charge in [0.1, 0.15) is 0 Å². The van der Waals surface area contributed by atoms with E-state index in [2.05, 4.69) is 10.3 Å². The van der Waals surface area contributed by atoms with Gasteiger partial charge in [-0.2, -0.15) is 0 Å². The maximum absolute atomic E-state index is 11.1. The molecular formula is C20H20ClN3O2S. The summed E-state index contributed by atoms with van der Waals surface area (Å²) >= 11 is 7.59. The zero-order valence-corrected chi connectivity index (χ0v) is 16.5. The molecule has 0 aliphatic carbocycles. The standard InChI is InChI=1S/C20H20ClN3O2S/c1-26-10-9-24(14-25)12-15-5-7-18(8-6-15)22-20-23-19(13-27-20)16-3-2-4-17(21)11-16/h2-8,11,13-14H,9-10,12H2,1H3,(H,22,23). The Hall–Kier alpha value is -2.41. The second kappa shape index (κ2) is 9.50. The molecule has 0 spiro atoms. The Bertz CT molecular complexity index is 883. The molecule has 2 aromatic carbocycles. The number of carbonyl (C=O) groups is 1. The van der Waals surface area contributed by atoms with Gasteiger partial charge in [-0.05, 0) is 29.8 Å². The van der Waals surface area contributed by atoms with Crippen LogP contribution in [0.4, 0.5) is 10.8 Å². The first-order valence-electron chi connectivity index (χ1n) is 8.43. The summed E-state index contributed by atoms with van der Waals surface area (Å²) in [7, 11) is 1.62. The minimum Gasteiger partial charge on any atom is -0.383 e. The number of anilines is 2. The zero-order valence-electron chi connectivity index (χ0n) is 14.9. The highest BCUT2D eigenvalue weighted by Crippen LogP contribution is 2.28. The van der Waals surface area contributed by atoms with Crippen LogP contribution in [0.2, 0.25) is 5.02 Å². The lowest BCUT2D eigenvalue weighted by molar-refractivity contribution is -0.119. The van der Waals surface area contributed by atoms with Gasteiger partial charge in [0.25, 0.3) is 0 Å². The number of nitrogens with zero attached hydrogens (tertiary/aromatic N) is 2. The SMILES string of the molecule is COCCN(C=O)Cc1ccc(Nc2nc(-c3cccc(Cl)c3)cs2)cc1. The third-order valence-electron chi connectivity index (χ3n) is 3.95. The fourth-order valence-corrected chi connectivity index (χ4v) is 3.47. The molecule has 0 saturated carbocycles. The van der Waals surface area contributed by atoms with Crippen LogP contribution in [-0.4, -0.2) is 36.6 Å². The Kier molecular flexibility index (Phi) is 6.81. The van der Waals surface area contributed by atoms with Gasteiger partial charge in [-0.15, -0.1) is 11.3 Å². The van der Waals surface area contributed by atoms with Gasteiger partial charge in [-0.3, -0.25) is 4.79 Å². The van der Waals surface area contributed by atoms with E-state index in [-0.39, 0.29) is 0 Å². The van der Waals surface area contributed by atoms with Crippen molar-refractivity contribution in [3.8, 4) is 11.3 Å². The lowest BCUT2D eigenvalue weighted by atomic mass is 10.2. The van der Waals surface area contributed by atoms with E-state index in [1.165, 1.54) is 11.3 Å². The zero-order chi connectivity index (χ0) is 19.1. The minimum absolute atomic E-state index is 0.525. The average Bonchev–Trinajstić information content (AvgIpc) is 3.15. The monoisotopic (exact) mass is 401 g/mol. The van der Waals surface area contributed by atoms with Gasteiger partial charge in [0.15, 0.2) is 5.13 Å². The second-order valence-corrected chi connectivity index (χ2v) is 7.23. The molecule has 1 heterocycles. The number of ether oxygens (including phenoxy) is 1. The van der Waals surface area contributed by atoms with Crippen LogP contribution in [0.25, 0.3) is 11.3 Å². The van der Waals surface area contributed by atoms with Gasteiger partial charge in [0.05, 0.1) is 12.3 Å². The van der Waals surface area contributed by atoms with Gasteiger partial charge in [0, 0.05) is 41.9 Å². The van der Waals surface area contributed by atoms with Crippen LogP contribution in [0.1, 0.15) is 5.56 Å². The molecule has 3 rings (SSSR count). The Balaban J connectivity index is 1.62. The summed E-state index contributed by atoms with van der Waals surface area (Å²) in [6.07, 6.45) is 0.845. The van der Waals surface area contributed by atoms with Crippen molar-refractivity contribution in [3.05, 3.63) is 64.5 Å². The Morgan fingerprint density at radius 3 is 2.78 bits per heavy atom. The summed E-state index contributed by atoms with van der Waals surface area (Å²) in [5, 5.41) is 6.82. The molecule has 1 aromatic heterocycles. The molecule has 0 radical (unpaired) electrons. The average molecular weight is 402 g/mol. The number of nitrogens with one attached hydrogen (secondary N) is 1. The number of benzene rings is 2. The molecule has 0 unspecified atom stereocenters. The van der Waals surface area contributed by atoms with Crippen LogP contribution >= 0.6 is 22.9 Å². The Labute approximate surface area is 167 Å². The molecule has 140 valence electrons. The maximum atomic E-state index is 11.1. The lowest BCUT2D eigenvalue weighted by Crippen LogP contribution is -2.25. The summed E-state index contributed by atoms with van der Waals surface area (Å²) in [6, 6.07) is 15.6. The largest absolute Gasteiger partial charge is 0.383 e. The Morgan fingerprint density at radius 2 is 2.07 bits per heavy atom. The lowest BCUT2D eigenvalue weighted by Gasteiger charge is -2.17. The normalized spacial score (nSPS) is 10.6. The third-order valence-corrected chi connectivity index (χ3v) is 4.94. The first-order chi connectivity index (χ1) is 13.2. The summed E-state index contributed by atoms with van der Waals surface area (Å²) in [5.74, 6) is 0. The molecule has 0 aliphatic rings. The third kappa shape index (κ3) is 5.53.